The summed E-state index contributed by atoms with van der Waals surface area (Å²) < 4.78 is 104. The standard InChI is InChI=1S/C25H21F6N3O7/c1-4-38-20-19(22(35)34-13-8-9-32-15(10-13)23(36)39-5-2)18(12-33-21(20)24(26,27)28)40-16-7-6-14(11-17(16)37-3)41-25(29,30)31/h6-12H,4-5H2,1-3H3,(H,32,34,35). The van der Waals surface area contributed by atoms with Crippen LogP contribution in [-0.2, 0) is 10.9 Å². The van der Waals surface area contributed by atoms with E-state index in [-0.39, 0.29) is 36.1 Å². The molecule has 0 aliphatic rings. The summed E-state index contributed by atoms with van der Waals surface area (Å²) in [4.78, 5) is 32.6. The number of halogens is 6. The highest BCUT2D eigenvalue weighted by molar-refractivity contribution is 6.08. The average Bonchev–Trinajstić information content (AvgIpc) is 2.88. The molecule has 0 aliphatic carbocycles. The highest BCUT2D eigenvalue weighted by atomic mass is 19.4. The Bertz CT molecular complexity index is 1410. The Kier molecular flexibility index (Phi) is 9.47. The molecule has 41 heavy (non-hydrogen) atoms. The number of anilines is 1. The summed E-state index contributed by atoms with van der Waals surface area (Å²) in [5.41, 5.74) is -2.54. The van der Waals surface area contributed by atoms with Crippen LogP contribution in [0.2, 0.25) is 0 Å². The number of hydrogen-bond acceptors (Lipinski definition) is 9. The number of benzene rings is 1. The summed E-state index contributed by atoms with van der Waals surface area (Å²) in [6.07, 6.45) is -8.31. The minimum atomic E-state index is -5.06. The second-order valence-corrected chi connectivity index (χ2v) is 7.67. The number of nitrogens with zero attached hydrogens (tertiary/aromatic N) is 2. The van der Waals surface area contributed by atoms with Gasteiger partial charge in [0.1, 0.15) is 17.0 Å². The first-order valence-corrected chi connectivity index (χ1v) is 11.6. The van der Waals surface area contributed by atoms with Gasteiger partial charge >= 0.3 is 18.5 Å². The minimum absolute atomic E-state index is 0.0412. The fourth-order valence-electron chi connectivity index (χ4n) is 3.32. The zero-order valence-corrected chi connectivity index (χ0v) is 21.5. The normalized spacial score (nSPS) is 11.4. The predicted molar refractivity (Wildman–Crippen MR) is 128 cm³/mol. The van der Waals surface area contributed by atoms with Crippen LogP contribution in [0, 0.1) is 0 Å². The maximum atomic E-state index is 13.8. The maximum Gasteiger partial charge on any atom is 0.573 e. The lowest BCUT2D eigenvalue weighted by atomic mass is 10.1. The van der Waals surface area contributed by atoms with Gasteiger partial charge in [0.05, 0.1) is 26.5 Å². The van der Waals surface area contributed by atoms with E-state index in [1.807, 2.05) is 0 Å². The molecule has 220 valence electrons. The number of carbonyl (C=O) groups excluding carboxylic acids is 2. The summed E-state index contributed by atoms with van der Waals surface area (Å²) in [5.74, 6) is -4.82. The highest BCUT2D eigenvalue weighted by Gasteiger charge is 2.40. The van der Waals surface area contributed by atoms with Crippen molar-refractivity contribution in [1.82, 2.24) is 9.97 Å². The Morgan fingerprint density at radius 2 is 1.66 bits per heavy atom. The molecular formula is C25H21F6N3O7. The Hall–Kier alpha value is -4.76. The molecule has 10 nitrogen and oxygen atoms in total. The van der Waals surface area contributed by atoms with E-state index >= 15 is 0 Å². The lowest BCUT2D eigenvalue weighted by molar-refractivity contribution is -0.274. The monoisotopic (exact) mass is 589 g/mol. The molecule has 1 aromatic carbocycles. The molecule has 0 unspecified atom stereocenters. The molecule has 1 amide bonds. The third-order valence-electron chi connectivity index (χ3n) is 4.87. The summed E-state index contributed by atoms with van der Waals surface area (Å²) >= 11 is 0. The van der Waals surface area contributed by atoms with Crippen molar-refractivity contribution < 1.29 is 59.6 Å². The highest BCUT2D eigenvalue weighted by Crippen LogP contribution is 2.43. The summed E-state index contributed by atoms with van der Waals surface area (Å²) in [5, 5.41) is 2.34. The second-order valence-electron chi connectivity index (χ2n) is 7.67. The number of pyridine rings is 2. The number of methoxy groups -OCH3 is 1. The molecule has 16 heteroatoms. The zero-order valence-electron chi connectivity index (χ0n) is 21.5. The molecule has 0 saturated carbocycles. The van der Waals surface area contributed by atoms with Gasteiger partial charge in [0.15, 0.2) is 28.7 Å². The van der Waals surface area contributed by atoms with Gasteiger partial charge in [-0.15, -0.1) is 13.2 Å². The van der Waals surface area contributed by atoms with Crippen molar-refractivity contribution >= 4 is 17.6 Å². The van der Waals surface area contributed by atoms with Gasteiger partial charge in [0.2, 0.25) is 0 Å². The molecule has 0 fully saturated rings. The molecule has 2 aromatic heterocycles. The molecule has 3 aromatic rings. The van der Waals surface area contributed by atoms with Crippen molar-refractivity contribution in [2.75, 3.05) is 25.6 Å². The number of nitrogens with one attached hydrogen (secondary N) is 1. The lowest BCUT2D eigenvalue weighted by Gasteiger charge is -2.20. The lowest BCUT2D eigenvalue weighted by Crippen LogP contribution is -2.20. The molecular weight excluding hydrogens is 568 g/mol. The van der Waals surface area contributed by atoms with Gasteiger partial charge in [-0.25, -0.2) is 14.8 Å². The number of carbonyl (C=O) groups is 2. The number of alkyl halides is 6. The molecule has 0 atom stereocenters. The average molecular weight is 589 g/mol. The van der Waals surface area contributed by atoms with E-state index in [9.17, 15) is 35.9 Å². The van der Waals surface area contributed by atoms with Crippen molar-refractivity contribution in [3.63, 3.8) is 0 Å². The van der Waals surface area contributed by atoms with Crippen LogP contribution >= 0.6 is 0 Å². The fraction of sp³-hybridized carbons (Fsp3) is 0.280. The van der Waals surface area contributed by atoms with E-state index < -0.39 is 52.9 Å². The van der Waals surface area contributed by atoms with Crippen LogP contribution in [0.15, 0.2) is 42.7 Å². The first-order valence-electron chi connectivity index (χ1n) is 11.6. The number of aromatic nitrogens is 2. The molecule has 0 saturated heterocycles. The molecule has 0 spiro atoms. The van der Waals surface area contributed by atoms with Crippen LogP contribution < -0.4 is 24.3 Å². The van der Waals surface area contributed by atoms with E-state index in [1.165, 1.54) is 13.0 Å². The number of hydrogen-bond donors (Lipinski definition) is 1. The van der Waals surface area contributed by atoms with E-state index in [2.05, 4.69) is 20.0 Å². The predicted octanol–water partition coefficient (Wildman–Crippen LogP) is 6.02. The van der Waals surface area contributed by atoms with E-state index in [1.54, 1.807) is 6.92 Å². The molecule has 2 heterocycles. The van der Waals surface area contributed by atoms with E-state index in [4.69, 9.17) is 18.9 Å². The molecule has 0 bridgehead atoms. The third-order valence-corrected chi connectivity index (χ3v) is 4.87. The quantitative estimate of drug-likeness (QED) is 0.224. The number of ether oxygens (including phenoxy) is 5. The van der Waals surface area contributed by atoms with Crippen LogP contribution in [0.25, 0.3) is 0 Å². The van der Waals surface area contributed by atoms with Crippen molar-refractivity contribution in [2.24, 2.45) is 0 Å². The van der Waals surface area contributed by atoms with Gasteiger partial charge < -0.3 is 29.0 Å². The smallest absolute Gasteiger partial charge is 0.493 e. The number of amides is 1. The van der Waals surface area contributed by atoms with Crippen molar-refractivity contribution in [3.05, 3.63) is 59.7 Å². The van der Waals surface area contributed by atoms with Crippen LogP contribution in [0.1, 0.15) is 40.4 Å². The van der Waals surface area contributed by atoms with Crippen LogP contribution in [0.4, 0.5) is 32.0 Å². The van der Waals surface area contributed by atoms with Crippen LogP contribution in [-0.4, -0.2) is 48.5 Å². The Morgan fingerprint density at radius 3 is 2.27 bits per heavy atom. The fourth-order valence-corrected chi connectivity index (χ4v) is 3.32. The molecule has 3 rings (SSSR count). The third kappa shape index (κ3) is 7.89. The zero-order chi connectivity index (χ0) is 30.4. The van der Waals surface area contributed by atoms with Gasteiger partial charge in [-0.2, -0.15) is 13.2 Å². The SMILES string of the molecule is CCOC(=O)c1cc(NC(=O)c2c(Oc3ccc(OC(F)(F)F)cc3OC)cnc(C(F)(F)F)c2OCC)ccn1. The molecule has 1 N–H and O–H groups in total. The van der Waals surface area contributed by atoms with Crippen LogP contribution in [0.3, 0.4) is 0 Å². The van der Waals surface area contributed by atoms with Gasteiger partial charge in [0, 0.05) is 18.0 Å². The molecule has 0 aliphatic heterocycles. The first kappa shape index (κ1) is 30.8. The molecule has 0 radical (unpaired) electrons. The topological polar surface area (TPSA) is 118 Å². The summed E-state index contributed by atoms with van der Waals surface area (Å²) in [6, 6.07) is 5.05. The van der Waals surface area contributed by atoms with Crippen LogP contribution in [0.5, 0.6) is 28.7 Å². The second kappa shape index (κ2) is 12.6. The number of esters is 1. The number of rotatable bonds is 10. The van der Waals surface area contributed by atoms with E-state index in [0.29, 0.717) is 6.20 Å². The van der Waals surface area contributed by atoms with Gasteiger partial charge in [-0.1, -0.05) is 0 Å². The maximum absolute atomic E-state index is 13.8. The van der Waals surface area contributed by atoms with Crippen molar-refractivity contribution in [1.29, 1.82) is 0 Å². The first-order chi connectivity index (χ1) is 19.3. The van der Waals surface area contributed by atoms with Gasteiger partial charge in [-0.3, -0.25) is 4.79 Å². The van der Waals surface area contributed by atoms with Gasteiger partial charge in [0.25, 0.3) is 5.91 Å². The largest absolute Gasteiger partial charge is 0.573 e. The Balaban J connectivity index is 2.10. The van der Waals surface area contributed by atoms with Gasteiger partial charge in [-0.05, 0) is 38.1 Å². The summed E-state index contributed by atoms with van der Waals surface area (Å²) in [7, 11) is 1.09. The summed E-state index contributed by atoms with van der Waals surface area (Å²) in [6.45, 7) is 2.66. The Labute approximate surface area is 228 Å². The van der Waals surface area contributed by atoms with E-state index in [0.717, 1.165) is 37.6 Å². The van der Waals surface area contributed by atoms with Crippen molar-refractivity contribution in [3.8, 4) is 28.7 Å². The van der Waals surface area contributed by atoms with Crippen molar-refractivity contribution in [2.45, 2.75) is 26.4 Å². The minimum Gasteiger partial charge on any atom is -0.493 e. The Morgan fingerprint density at radius 1 is 0.927 bits per heavy atom.